The van der Waals surface area contributed by atoms with Gasteiger partial charge in [-0.2, -0.15) is 0 Å². The van der Waals surface area contributed by atoms with Gasteiger partial charge in [-0.15, -0.1) is 0 Å². The molecule has 2 amide bonds. The van der Waals surface area contributed by atoms with Crippen LogP contribution < -0.4 is 5.32 Å². The summed E-state index contributed by atoms with van der Waals surface area (Å²) >= 11 is 0. The summed E-state index contributed by atoms with van der Waals surface area (Å²) in [4.78, 5) is 21.9. The standard InChI is InChI=1S/C14H20N4O/c1-18(10-7-13-11-15-8-9-16-13)14(19)17-12-5-3-2-4-6-12/h2-3,8-9,11-12H,4-7,10H2,1H3,(H,17,19). The minimum absolute atomic E-state index is 0.0100. The largest absolute Gasteiger partial charge is 0.335 e. The van der Waals surface area contributed by atoms with Crippen LogP contribution in [0.4, 0.5) is 4.79 Å². The predicted octanol–water partition coefficient (Wildman–Crippen LogP) is 1.77. The normalized spacial score (nSPS) is 18.1. The third kappa shape index (κ3) is 4.35. The van der Waals surface area contributed by atoms with Crippen LogP contribution in [-0.2, 0) is 6.42 Å². The summed E-state index contributed by atoms with van der Waals surface area (Å²) in [5.41, 5.74) is 0.905. The molecule has 1 aromatic heterocycles. The van der Waals surface area contributed by atoms with Gasteiger partial charge in [0.15, 0.2) is 0 Å². The van der Waals surface area contributed by atoms with Crippen molar-refractivity contribution in [2.45, 2.75) is 31.7 Å². The van der Waals surface area contributed by atoms with Gasteiger partial charge in [-0.1, -0.05) is 12.2 Å². The van der Waals surface area contributed by atoms with Crippen LogP contribution in [0.1, 0.15) is 25.0 Å². The first-order valence-electron chi connectivity index (χ1n) is 6.67. The van der Waals surface area contributed by atoms with Crippen molar-refractivity contribution in [2.24, 2.45) is 0 Å². The van der Waals surface area contributed by atoms with E-state index in [2.05, 4.69) is 27.4 Å². The van der Waals surface area contributed by atoms with Crippen LogP contribution in [0, 0.1) is 0 Å². The van der Waals surface area contributed by atoms with E-state index in [4.69, 9.17) is 0 Å². The molecule has 0 fully saturated rings. The Hall–Kier alpha value is -1.91. The number of allylic oxidation sites excluding steroid dienone is 1. The summed E-state index contributed by atoms with van der Waals surface area (Å²) in [6, 6.07) is 0.264. The van der Waals surface area contributed by atoms with Gasteiger partial charge in [-0.05, 0) is 19.3 Å². The Morgan fingerprint density at radius 3 is 3.05 bits per heavy atom. The smallest absolute Gasteiger partial charge is 0.317 e. The molecule has 0 aliphatic heterocycles. The molecule has 1 N–H and O–H groups in total. The molecule has 2 rings (SSSR count). The third-order valence-corrected chi connectivity index (χ3v) is 3.26. The van der Waals surface area contributed by atoms with Crippen LogP contribution in [0.2, 0.25) is 0 Å². The Kier molecular flexibility index (Phi) is 4.89. The lowest BCUT2D eigenvalue weighted by atomic mass is 10.0. The minimum atomic E-state index is -0.0100. The first-order chi connectivity index (χ1) is 9.25. The quantitative estimate of drug-likeness (QED) is 0.839. The summed E-state index contributed by atoms with van der Waals surface area (Å²) in [7, 11) is 1.81. The van der Waals surface area contributed by atoms with Crippen molar-refractivity contribution in [1.29, 1.82) is 0 Å². The molecule has 0 saturated heterocycles. The first kappa shape index (κ1) is 13.5. The summed E-state index contributed by atoms with van der Waals surface area (Å²) < 4.78 is 0. The van der Waals surface area contributed by atoms with Crippen molar-refractivity contribution in [3.8, 4) is 0 Å². The second-order valence-corrected chi connectivity index (χ2v) is 4.80. The molecule has 1 aliphatic carbocycles. The number of likely N-dealkylation sites (N-methyl/N-ethyl adjacent to an activating group) is 1. The maximum atomic E-state index is 12.0. The number of nitrogens with one attached hydrogen (secondary N) is 1. The van der Waals surface area contributed by atoms with Gasteiger partial charge >= 0.3 is 6.03 Å². The van der Waals surface area contributed by atoms with Gasteiger partial charge in [0.05, 0.1) is 5.69 Å². The molecule has 1 atom stereocenters. The van der Waals surface area contributed by atoms with E-state index in [9.17, 15) is 4.79 Å². The molecule has 5 heteroatoms. The minimum Gasteiger partial charge on any atom is -0.335 e. The lowest BCUT2D eigenvalue weighted by molar-refractivity contribution is 0.204. The highest BCUT2D eigenvalue weighted by Crippen LogP contribution is 2.10. The van der Waals surface area contributed by atoms with E-state index in [0.29, 0.717) is 6.54 Å². The number of rotatable bonds is 4. The van der Waals surface area contributed by atoms with E-state index < -0.39 is 0 Å². The second kappa shape index (κ2) is 6.87. The predicted molar refractivity (Wildman–Crippen MR) is 73.7 cm³/mol. The van der Waals surface area contributed by atoms with Crippen molar-refractivity contribution in [3.63, 3.8) is 0 Å². The van der Waals surface area contributed by atoms with Gasteiger partial charge < -0.3 is 10.2 Å². The number of hydrogen-bond donors (Lipinski definition) is 1. The molecule has 1 unspecified atom stereocenters. The van der Waals surface area contributed by atoms with E-state index in [1.165, 1.54) is 0 Å². The van der Waals surface area contributed by atoms with Gasteiger partial charge in [-0.3, -0.25) is 9.97 Å². The Labute approximate surface area is 113 Å². The second-order valence-electron chi connectivity index (χ2n) is 4.80. The molecule has 1 aromatic rings. The van der Waals surface area contributed by atoms with Crippen molar-refractivity contribution in [1.82, 2.24) is 20.2 Å². The van der Waals surface area contributed by atoms with E-state index >= 15 is 0 Å². The average molecular weight is 260 g/mol. The SMILES string of the molecule is CN(CCc1cnccn1)C(=O)NC1CC=CCC1. The highest BCUT2D eigenvalue weighted by Gasteiger charge is 2.15. The monoisotopic (exact) mass is 260 g/mol. The van der Waals surface area contributed by atoms with Gasteiger partial charge in [0.1, 0.15) is 0 Å². The first-order valence-corrected chi connectivity index (χ1v) is 6.67. The third-order valence-electron chi connectivity index (χ3n) is 3.26. The van der Waals surface area contributed by atoms with E-state index in [1.54, 1.807) is 23.5 Å². The Balaban J connectivity index is 1.74. The zero-order valence-corrected chi connectivity index (χ0v) is 11.2. The van der Waals surface area contributed by atoms with Gasteiger partial charge in [0.2, 0.25) is 0 Å². The fraction of sp³-hybridized carbons (Fsp3) is 0.500. The van der Waals surface area contributed by atoms with Crippen molar-refractivity contribution < 1.29 is 4.79 Å². The lowest BCUT2D eigenvalue weighted by Gasteiger charge is -2.24. The maximum Gasteiger partial charge on any atom is 0.317 e. The molecule has 5 nitrogen and oxygen atoms in total. The van der Waals surface area contributed by atoms with E-state index in [1.807, 2.05) is 7.05 Å². The highest BCUT2D eigenvalue weighted by atomic mass is 16.2. The van der Waals surface area contributed by atoms with Crippen LogP contribution >= 0.6 is 0 Å². The van der Waals surface area contributed by atoms with Crippen LogP contribution in [0.25, 0.3) is 0 Å². The topological polar surface area (TPSA) is 58.1 Å². The van der Waals surface area contributed by atoms with Gasteiger partial charge in [-0.25, -0.2) is 4.79 Å². The summed E-state index contributed by atoms with van der Waals surface area (Å²) in [6.45, 7) is 0.646. The molecule has 0 bridgehead atoms. The van der Waals surface area contributed by atoms with Crippen molar-refractivity contribution in [2.75, 3.05) is 13.6 Å². The Morgan fingerprint density at radius 1 is 1.47 bits per heavy atom. The number of amides is 2. The van der Waals surface area contributed by atoms with E-state index in [0.717, 1.165) is 31.4 Å². The number of aromatic nitrogens is 2. The number of carbonyl (C=O) groups excluding carboxylic acids is 1. The Bertz CT molecular complexity index is 432. The summed E-state index contributed by atoms with van der Waals surface area (Å²) in [5, 5.41) is 3.05. The fourth-order valence-electron chi connectivity index (χ4n) is 2.05. The molecule has 1 aliphatic rings. The van der Waals surface area contributed by atoms with Crippen LogP contribution in [0.15, 0.2) is 30.7 Å². The molecular formula is C14H20N4O. The average Bonchev–Trinajstić information content (AvgIpc) is 2.47. The molecule has 0 radical (unpaired) electrons. The highest BCUT2D eigenvalue weighted by molar-refractivity contribution is 5.74. The molecule has 1 heterocycles. The lowest BCUT2D eigenvalue weighted by Crippen LogP contribution is -2.44. The van der Waals surface area contributed by atoms with Crippen LogP contribution in [-0.4, -0.2) is 40.5 Å². The summed E-state index contributed by atoms with van der Waals surface area (Å²) in [5.74, 6) is 0. The molecule has 0 aromatic carbocycles. The van der Waals surface area contributed by atoms with Gasteiger partial charge in [0.25, 0.3) is 0 Å². The van der Waals surface area contributed by atoms with Crippen LogP contribution in [0.3, 0.4) is 0 Å². The van der Waals surface area contributed by atoms with Crippen LogP contribution in [0.5, 0.6) is 0 Å². The Morgan fingerprint density at radius 2 is 2.37 bits per heavy atom. The number of urea groups is 1. The zero-order valence-electron chi connectivity index (χ0n) is 11.2. The number of nitrogens with zero attached hydrogens (tertiary/aromatic N) is 3. The number of carbonyl (C=O) groups is 1. The van der Waals surface area contributed by atoms with Crippen molar-refractivity contribution >= 4 is 6.03 Å². The fourth-order valence-corrected chi connectivity index (χ4v) is 2.05. The van der Waals surface area contributed by atoms with Crippen molar-refractivity contribution in [3.05, 3.63) is 36.4 Å². The molecule has 102 valence electrons. The molecule has 0 spiro atoms. The van der Waals surface area contributed by atoms with E-state index in [-0.39, 0.29) is 12.1 Å². The number of hydrogen-bond acceptors (Lipinski definition) is 3. The molecular weight excluding hydrogens is 240 g/mol. The summed E-state index contributed by atoms with van der Waals surface area (Å²) in [6.07, 6.45) is 13.1. The zero-order chi connectivity index (χ0) is 13.5. The molecule has 0 saturated carbocycles. The maximum absolute atomic E-state index is 12.0. The van der Waals surface area contributed by atoms with Gasteiger partial charge in [0, 0.05) is 44.6 Å². The molecule has 19 heavy (non-hydrogen) atoms.